The molecule has 4 nitrogen and oxygen atoms in total. The molecule has 0 aromatic rings. The van der Waals surface area contributed by atoms with E-state index in [0.29, 0.717) is 17.9 Å². The molecule has 0 aromatic heterocycles. The second kappa shape index (κ2) is 3.44. The summed E-state index contributed by atoms with van der Waals surface area (Å²) in [5.74, 6) is -0.564. The lowest BCUT2D eigenvalue weighted by Crippen LogP contribution is -2.30. The normalized spacial score (nSPS) is 19.6. The van der Waals surface area contributed by atoms with Gasteiger partial charge in [-0.2, -0.15) is 0 Å². The zero-order valence-corrected chi connectivity index (χ0v) is 8.93. The van der Waals surface area contributed by atoms with Crippen LogP contribution < -0.4 is 5.32 Å². The van der Waals surface area contributed by atoms with Crippen molar-refractivity contribution in [1.82, 2.24) is 5.32 Å². The molecule has 78 valence electrons. The van der Waals surface area contributed by atoms with Crippen molar-refractivity contribution in [3.63, 3.8) is 0 Å². The highest BCUT2D eigenvalue weighted by atomic mass is 16.5. The van der Waals surface area contributed by atoms with Gasteiger partial charge in [0.1, 0.15) is 0 Å². The number of allylic oxidation sites excluding steroid dienone is 1. The summed E-state index contributed by atoms with van der Waals surface area (Å²) >= 11 is 0. The van der Waals surface area contributed by atoms with Crippen LogP contribution in [0.3, 0.4) is 0 Å². The predicted molar refractivity (Wildman–Crippen MR) is 51.3 cm³/mol. The van der Waals surface area contributed by atoms with Crippen molar-refractivity contribution >= 4 is 11.9 Å². The Morgan fingerprint density at radius 2 is 2.07 bits per heavy atom. The highest BCUT2D eigenvalue weighted by Crippen LogP contribution is 2.34. The van der Waals surface area contributed by atoms with Gasteiger partial charge in [0.25, 0.3) is 0 Å². The molecule has 1 aliphatic heterocycles. The van der Waals surface area contributed by atoms with E-state index in [4.69, 9.17) is 4.74 Å². The standard InChI is InChI=1S/C10H15NO3/c1-5-14-8(12)7-6(2)11-9(13)10(7,3)4/h5H2,1-4H3,(H,11,13). The highest BCUT2D eigenvalue weighted by molar-refractivity contribution is 6.04. The molecule has 0 radical (unpaired) electrons. The van der Waals surface area contributed by atoms with Gasteiger partial charge in [-0.15, -0.1) is 0 Å². The van der Waals surface area contributed by atoms with Crippen molar-refractivity contribution < 1.29 is 14.3 Å². The van der Waals surface area contributed by atoms with Gasteiger partial charge in [-0.1, -0.05) is 0 Å². The molecular formula is C10H15NO3. The first-order chi connectivity index (χ1) is 6.41. The van der Waals surface area contributed by atoms with Crippen LogP contribution >= 0.6 is 0 Å². The van der Waals surface area contributed by atoms with E-state index < -0.39 is 11.4 Å². The number of esters is 1. The van der Waals surface area contributed by atoms with Gasteiger partial charge in [0, 0.05) is 5.70 Å². The second-order valence-electron chi connectivity index (χ2n) is 3.80. The molecule has 1 N–H and O–H groups in total. The van der Waals surface area contributed by atoms with E-state index in [1.807, 2.05) is 0 Å². The summed E-state index contributed by atoms with van der Waals surface area (Å²) in [5, 5.41) is 2.64. The van der Waals surface area contributed by atoms with Crippen LogP contribution in [0, 0.1) is 5.41 Å². The Morgan fingerprint density at radius 1 is 1.50 bits per heavy atom. The summed E-state index contributed by atoms with van der Waals surface area (Å²) in [6.45, 7) is 7.19. The summed E-state index contributed by atoms with van der Waals surface area (Å²) in [5.41, 5.74) is 0.249. The molecule has 4 heteroatoms. The largest absolute Gasteiger partial charge is 0.463 e. The lowest BCUT2D eigenvalue weighted by atomic mass is 9.85. The van der Waals surface area contributed by atoms with E-state index in [0.717, 1.165) is 0 Å². The fraction of sp³-hybridized carbons (Fsp3) is 0.600. The number of carbonyl (C=O) groups is 2. The number of hydrogen-bond acceptors (Lipinski definition) is 3. The van der Waals surface area contributed by atoms with Gasteiger partial charge in [-0.3, -0.25) is 4.79 Å². The molecule has 0 bridgehead atoms. The van der Waals surface area contributed by atoms with E-state index in [9.17, 15) is 9.59 Å². The average molecular weight is 197 g/mol. The Balaban J connectivity index is 3.02. The lowest BCUT2D eigenvalue weighted by Gasteiger charge is -2.17. The van der Waals surface area contributed by atoms with Gasteiger partial charge >= 0.3 is 5.97 Å². The molecule has 0 aromatic carbocycles. The van der Waals surface area contributed by atoms with Crippen molar-refractivity contribution in [2.45, 2.75) is 27.7 Å². The Morgan fingerprint density at radius 3 is 2.43 bits per heavy atom. The van der Waals surface area contributed by atoms with Gasteiger partial charge in [-0.05, 0) is 27.7 Å². The van der Waals surface area contributed by atoms with Crippen molar-refractivity contribution in [1.29, 1.82) is 0 Å². The third-order valence-corrected chi connectivity index (χ3v) is 2.35. The molecule has 0 saturated carbocycles. The zero-order chi connectivity index (χ0) is 10.9. The SMILES string of the molecule is CCOC(=O)C1=C(C)NC(=O)C1(C)C. The van der Waals surface area contributed by atoms with Crippen molar-refractivity contribution in [3.8, 4) is 0 Å². The fourth-order valence-corrected chi connectivity index (χ4v) is 1.58. The molecule has 0 saturated heterocycles. The molecule has 1 heterocycles. The smallest absolute Gasteiger partial charge is 0.336 e. The average Bonchev–Trinajstić information content (AvgIpc) is 2.22. The second-order valence-corrected chi connectivity index (χ2v) is 3.80. The van der Waals surface area contributed by atoms with Crippen LogP contribution in [-0.2, 0) is 14.3 Å². The zero-order valence-electron chi connectivity index (χ0n) is 8.93. The molecule has 0 unspecified atom stereocenters. The Bertz CT molecular complexity index is 315. The summed E-state index contributed by atoms with van der Waals surface area (Å²) in [7, 11) is 0. The van der Waals surface area contributed by atoms with Crippen LogP contribution in [0.1, 0.15) is 27.7 Å². The summed E-state index contributed by atoms with van der Waals surface area (Å²) in [6.07, 6.45) is 0. The van der Waals surface area contributed by atoms with E-state index in [2.05, 4.69) is 5.32 Å². The number of ether oxygens (including phenoxy) is 1. The topological polar surface area (TPSA) is 55.4 Å². The highest BCUT2D eigenvalue weighted by Gasteiger charge is 2.43. The monoisotopic (exact) mass is 197 g/mol. The van der Waals surface area contributed by atoms with Crippen LogP contribution in [0.2, 0.25) is 0 Å². The summed E-state index contributed by atoms with van der Waals surface area (Å²) in [6, 6.07) is 0. The third-order valence-electron chi connectivity index (χ3n) is 2.35. The van der Waals surface area contributed by atoms with E-state index >= 15 is 0 Å². The first-order valence-corrected chi connectivity index (χ1v) is 4.61. The molecule has 1 rings (SSSR count). The molecule has 14 heavy (non-hydrogen) atoms. The first-order valence-electron chi connectivity index (χ1n) is 4.61. The number of amides is 1. The molecular weight excluding hydrogens is 182 g/mol. The molecule has 0 aliphatic carbocycles. The third kappa shape index (κ3) is 1.52. The minimum atomic E-state index is -0.781. The summed E-state index contributed by atoms with van der Waals surface area (Å²) in [4.78, 5) is 23.0. The summed E-state index contributed by atoms with van der Waals surface area (Å²) < 4.78 is 4.89. The van der Waals surface area contributed by atoms with Crippen LogP contribution in [0.15, 0.2) is 11.3 Å². The maximum Gasteiger partial charge on any atom is 0.336 e. The Hall–Kier alpha value is -1.32. The molecule has 0 fully saturated rings. The van der Waals surface area contributed by atoms with Gasteiger partial charge in [0.05, 0.1) is 17.6 Å². The maximum atomic E-state index is 11.5. The maximum absolute atomic E-state index is 11.5. The molecule has 1 amide bonds. The van der Waals surface area contributed by atoms with Crippen molar-refractivity contribution in [2.75, 3.05) is 6.61 Å². The van der Waals surface area contributed by atoms with Crippen molar-refractivity contribution in [3.05, 3.63) is 11.3 Å². The van der Waals surface area contributed by atoms with Crippen molar-refractivity contribution in [2.24, 2.45) is 5.41 Å². The van der Waals surface area contributed by atoms with E-state index in [1.165, 1.54) is 0 Å². The van der Waals surface area contributed by atoms with Crippen LogP contribution in [0.5, 0.6) is 0 Å². The number of rotatable bonds is 2. The quantitative estimate of drug-likeness (QED) is 0.671. The van der Waals surface area contributed by atoms with Crippen LogP contribution in [-0.4, -0.2) is 18.5 Å². The van der Waals surface area contributed by atoms with Gasteiger partial charge in [0.15, 0.2) is 0 Å². The fourth-order valence-electron chi connectivity index (χ4n) is 1.58. The van der Waals surface area contributed by atoms with E-state index in [1.54, 1.807) is 27.7 Å². The van der Waals surface area contributed by atoms with Crippen LogP contribution in [0.4, 0.5) is 0 Å². The molecule has 0 spiro atoms. The van der Waals surface area contributed by atoms with Gasteiger partial charge in [0.2, 0.25) is 5.91 Å². The Kier molecular flexibility index (Phi) is 2.64. The molecule has 1 aliphatic rings. The number of hydrogen-bond donors (Lipinski definition) is 1. The number of nitrogens with one attached hydrogen (secondary N) is 1. The molecule has 0 atom stereocenters. The Labute approximate surface area is 83.3 Å². The van der Waals surface area contributed by atoms with Gasteiger partial charge < -0.3 is 10.1 Å². The predicted octanol–water partition coefficient (Wildman–Crippen LogP) is 0.980. The number of carbonyl (C=O) groups excluding carboxylic acids is 2. The van der Waals surface area contributed by atoms with E-state index in [-0.39, 0.29) is 5.91 Å². The van der Waals surface area contributed by atoms with Gasteiger partial charge in [-0.25, -0.2) is 4.79 Å². The minimum absolute atomic E-state index is 0.155. The van der Waals surface area contributed by atoms with Crippen LogP contribution in [0.25, 0.3) is 0 Å². The minimum Gasteiger partial charge on any atom is -0.463 e. The lowest BCUT2D eigenvalue weighted by molar-refractivity contribution is -0.141. The first kappa shape index (κ1) is 10.8.